The highest BCUT2D eigenvalue weighted by Gasteiger charge is 2.58. The number of epoxide rings is 1. The second-order valence-electron chi connectivity index (χ2n) is 15.1. The number of anilines is 1. The molecule has 1 aromatic rings. The highest BCUT2D eigenvalue weighted by molar-refractivity contribution is 7.99. The van der Waals surface area contributed by atoms with Crippen molar-refractivity contribution in [2.24, 2.45) is 5.92 Å². The van der Waals surface area contributed by atoms with E-state index in [1.807, 2.05) is 57.4 Å². The molecule has 14 heteroatoms. The summed E-state index contributed by atoms with van der Waals surface area (Å²) in [5, 5.41) is 12.1. The SMILES string of the molecule is C#C.COc1cc2cc(c1Cl)N(C)C(=O)CC[C@]1(C)O[C@H]1[C@H](C)[C@@H]1C[C@](OC)(C/C=C/C=C(\C)C2)NC(=O)O1.CSC(C)(C)CCC(=O)N(C)[C@H](C)C(=O)O. The first kappa shape index (κ1) is 47.5. The lowest BCUT2D eigenvalue weighted by Gasteiger charge is -2.41. The number of thioether (sulfide) groups is 1. The Morgan fingerprint density at radius 3 is 2.49 bits per heavy atom. The minimum atomic E-state index is -0.972. The number of halogens is 1. The molecule has 0 aliphatic carbocycles. The number of methoxy groups -OCH3 is 2. The maximum atomic E-state index is 13.2. The van der Waals surface area contributed by atoms with E-state index in [-0.39, 0.29) is 41.1 Å². The fraction of sp³-hybridized carbons (Fsp3) is 0.610. The Balaban J connectivity index is 0.000000490. The number of carboxylic acids is 1. The number of nitrogens with zero attached hydrogens (tertiary/aromatic N) is 2. The number of carbonyl (C=O) groups excluding carboxylic acids is 3. The van der Waals surface area contributed by atoms with Crippen LogP contribution in [0.3, 0.4) is 0 Å². The molecule has 2 N–H and O–H groups in total. The third kappa shape index (κ3) is 12.9. The molecule has 3 heterocycles. The topological polar surface area (TPSA) is 147 Å². The van der Waals surface area contributed by atoms with Gasteiger partial charge in [-0.05, 0) is 64.0 Å². The maximum absolute atomic E-state index is 13.2. The van der Waals surface area contributed by atoms with E-state index in [1.54, 1.807) is 37.9 Å². The van der Waals surface area contributed by atoms with Crippen molar-refractivity contribution >= 4 is 52.9 Å². The number of hydrogen-bond acceptors (Lipinski definition) is 9. The van der Waals surface area contributed by atoms with Gasteiger partial charge in [-0.25, -0.2) is 9.59 Å². The van der Waals surface area contributed by atoms with E-state index in [0.717, 1.165) is 17.6 Å². The number of likely N-dealkylation sites (N-methyl/N-ethyl adjacent to an activating group) is 1. The molecule has 3 amide bonds. The number of fused-ring (bicyclic) bond motifs is 5. The molecule has 0 unspecified atom stereocenters. The molecule has 2 saturated heterocycles. The van der Waals surface area contributed by atoms with E-state index in [0.29, 0.717) is 48.6 Å². The summed E-state index contributed by atoms with van der Waals surface area (Å²) in [5.41, 5.74) is 1.37. The highest BCUT2D eigenvalue weighted by Crippen LogP contribution is 2.48. The molecule has 4 rings (SSSR count). The van der Waals surface area contributed by atoms with E-state index in [1.165, 1.54) is 18.9 Å². The zero-order valence-electron chi connectivity index (χ0n) is 34.2. The molecule has 3 aliphatic rings. The Kier molecular flexibility index (Phi) is 17.7. The van der Waals surface area contributed by atoms with Gasteiger partial charge in [0.15, 0.2) is 0 Å². The molecule has 2 fully saturated rings. The average Bonchev–Trinajstić information content (AvgIpc) is 3.85. The third-order valence-electron chi connectivity index (χ3n) is 10.7. The number of rotatable bonds is 8. The summed E-state index contributed by atoms with van der Waals surface area (Å²) in [6, 6.07) is 3.08. The maximum Gasteiger partial charge on any atom is 0.409 e. The van der Waals surface area contributed by atoms with Gasteiger partial charge in [0.25, 0.3) is 0 Å². The van der Waals surface area contributed by atoms with Gasteiger partial charge in [-0.1, -0.05) is 56.2 Å². The summed E-state index contributed by atoms with van der Waals surface area (Å²) in [7, 11) is 6.44. The van der Waals surface area contributed by atoms with E-state index >= 15 is 0 Å². The van der Waals surface area contributed by atoms with Crippen LogP contribution in [0, 0.1) is 18.8 Å². The van der Waals surface area contributed by atoms with E-state index in [2.05, 4.69) is 32.0 Å². The molecular formula is C41H60ClN3O9S. The molecule has 0 radical (unpaired) electrons. The molecule has 4 bridgehead atoms. The van der Waals surface area contributed by atoms with Crippen LogP contribution in [0.2, 0.25) is 5.02 Å². The highest BCUT2D eigenvalue weighted by atomic mass is 35.5. The molecule has 12 nitrogen and oxygen atoms in total. The zero-order valence-corrected chi connectivity index (χ0v) is 35.8. The van der Waals surface area contributed by atoms with Crippen LogP contribution < -0.4 is 15.0 Å². The lowest BCUT2D eigenvalue weighted by Crippen LogP contribution is -2.58. The van der Waals surface area contributed by atoms with Gasteiger partial charge in [0.05, 0.1) is 24.5 Å². The number of carbonyl (C=O) groups is 4. The first-order chi connectivity index (χ1) is 25.7. The largest absolute Gasteiger partial charge is 0.495 e. The Morgan fingerprint density at radius 2 is 1.91 bits per heavy atom. The predicted molar refractivity (Wildman–Crippen MR) is 219 cm³/mol. The summed E-state index contributed by atoms with van der Waals surface area (Å²) in [4.78, 5) is 51.0. The van der Waals surface area contributed by atoms with Gasteiger partial charge in [-0.2, -0.15) is 11.8 Å². The number of hydrogen-bond donors (Lipinski definition) is 2. The summed E-state index contributed by atoms with van der Waals surface area (Å²) in [6.07, 6.45) is 18.6. The number of amides is 3. The van der Waals surface area contributed by atoms with Crippen LogP contribution in [0.1, 0.15) is 85.6 Å². The number of aliphatic carboxylic acids is 1. The second kappa shape index (κ2) is 20.5. The molecule has 6 atom stereocenters. The van der Waals surface area contributed by atoms with Crippen molar-refractivity contribution in [2.75, 3.05) is 39.5 Å². The standard InChI is InChI=1S/C28H37ClN2O6.C11H21NO3S.C2H2/c1-17-9-7-8-11-28(35-6)16-22(36-26(33)30-28)18(2)25-27(3,37-25)12-10-23(32)31(4)20-14-19(13-17)15-21(34-5)24(20)29;1-8(10(14)15)12(4)9(13)6-7-11(2,3)16-5;1-2/h7-9,14-15,18,22,25H,10-13,16H2,1-6H3,(H,30,33);8H,6-7H2,1-5H3,(H,14,15);1-2H/b8-7+,17-9+;;/t18-,22+,25+,27+,28-;8-;/m11./s1. The van der Waals surface area contributed by atoms with Crippen molar-refractivity contribution in [3.63, 3.8) is 0 Å². The van der Waals surface area contributed by atoms with Crippen LogP contribution >= 0.6 is 23.4 Å². The minimum absolute atomic E-state index is 0.0585. The zero-order chi connectivity index (χ0) is 41.9. The number of nitrogens with one attached hydrogen (secondary N) is 1. The van der Waals surface area contributed by atoms with Gasteiger partial charge >= 0.3 is 12.1 Å². The van der Waals surface area contributed by atoms with Crippen molar-refractivity contribution in [1.82, 2.24) is 10.2 Å². The normalized spacial score (nSPS) is 27.4. The molecule has 55 heavy (non-hydrogen) atoms. The van der Waals surface area contributed by atoms with Crippen molar-refractivity contribution in [3.8, 4) is 18.6 Å². The van der Waals surface area contributed by atoms with Crippen LogP contribution in [0.15, 0.2) is 35.9 Å². The average molecular weight is 806 g/mol. The van der Waals surface area contributed by atoms with Gasteiger partial charge in [-0.3, -0.25) is 14.9 Å². The fourth-order valence-corrected chi connectivity index (χ4v) is 7.08. The summed E-state index contributed by atoms with van der Waals surface area (Å²) in [5.74, 6) is -0.692. The fourth-order valence-electron chi connectivity index (χ4n) is 6.46. The quantitative estimate of drug-likeness (QED) is 0.203. The lowest BCUT2D eigenvalue weighted by atomic mass is 9.85. The van der Waals surface area contributed by atoms with Crippen molar-refractivity contribution in [2.45, 2.75) is 121 Å². The number of alkyl carbamates (subject to hydrolysis) is 1. The Hall–Kier alpha value is -3.70. The first-order valence-electron chi connectivity index (χ1n) is 18.3. The number of terminal acetylenes is 1. The van der Waals surface area contributed by atoms with Crippen LogP contribution in [0.4, 0.5) is 10.5 Å². The summed E-state index contributed by atoms with van der Waals surface area (Å²) < 4.78 is 23.2. The molecule has 1 aromatic carbocycles. The molecule has 306 valence electrons. The third-order valence-corrected chi connectivity index (χ3v) is 12.3. The summed E-state index contributed by atoms with van der Waals surface area (Å²) in [6.45, 7) is 11.7. The molecule has 3 aliphatic heterocycles. The molecular weight excluding hydrogens is 746 g/mol. The van der Waals surface area contributed by atoms with Crippen molar-refractivity contribution in [1.29, 1.82) is 0 Å². The molecule has 0 aromatic heterocycles. The van der Waals surface area contributed by atoms with Gasteiger partial charge in [0.1, 0.15) is 28.6 Å². The van der Waals surface area contributed by atoms with E-state index < -0.39 is 29.4 Å². The number of carboxylic acid groups (broad SMARTS) is 1. The van der Waals surface area contributed by atoms with E-state index in [4.69, 9.17) is 35.7 Å². The Morgan fingerprint density at radius 1 is 1.25 bits per heavy atom. The Bertz CT molecular complexity index is 1610. The predicted octanol–water partition coefficient (Wildman–Crippen LogP) is 7.26. The van der Waals surface area contributed by atoms with E-state index in [9.17, 15) is 19.2 Å². The number of allylic oxidation sites excluding steroid dienone is 3. The monoisotopic (exact) mass is 805 g/mol. The van der Waals surface area contributed by atoms with Crippen LogP contribution in [-0.2, 0) is 35.0 Å². The van der Waals surface area contributed by atoms with Crippen molar-refractivity contribution in [3.05, 3.63) is 46.5 Å². The number of ether oxygens (including phenoxy) is 4. The molecule has 0 saturated carbocycles. The van der Waals surface area contributed by atoms with Gasteiger partial charge in [0, 0.05) is 57.6 Å². The van der Waals surface area contributed by atoms with Crippen LogP contribution in [-0.4, -0.2) is 103 Å². The smallest absolute Gasteiger partial charge is 0.409 e. The van der Waals surface area contributed by atoms with Crippen molar-refractivity contribution < 1.29 is 43.2 Å². The minimum Gasteiger partial charge on any atom is -0.495 e. The molecule has 0 spiro atoms. The van der Waals surface area contributed by atoms with Gasteiger partial charge < -0.3 is 33.9 Å². The van der Waals surface area contributed by atoms with Crippen LogP contribution in [0.5, 0.6) is 5.75 Å². The summed E-state index contributed by atoms with van der Waals surface area (Å²) >= 11 is 8.32. The first-order valence-corrected chi connectivity index (χ1v) is 19.9. The van der Waals surface area contributed by atoms with Gasteiger partial charge in [0.2, 0.25) is 11.8 Å². The van der Waals surface area contributed by atoms with Crippen LogP contribution in [0.25, 0.3) is 0 Å². The van der Waals surface area contributed by atoms with Gasteiger partial charge in [-0.15, -0.1) is 12.8 Å². The number of benzene rings is 1. The second-order valence-corrected chi connectivity index (χ2v) is 17.0. The Labute approximate surface area is 336 Å². The lowest BCUT2D eigenvalue weighted by molar-refractivity contribution is -0.148.